The molecule has 1 unspecified atom stereocenters. The third kappa shape index (κ3) is 4.29. The molecule has 1 aliphatic carbocycles. The molecule has 3 saturated heterocycles. The molecule has 3 aliphatic heterocycles. The number of rotatable bonds is 6. The van der Waals surface area contributed by atoms with Gasteiger partial charge in [-0.3, -0.25) is 4.90 Å². The lowest BCUT2D eigenvalue weighted by Crippen LogP contribution is -2.37. The lowest BCUT2D eigenvalue weighted by atomic mass is 9.89. The zero-order chi connectivity index (χ0) is 25.0. The van der Waals surface area contributed by atoms with Crippen LogP contribution in [0.3, 0.4) is 0 Å². The summed E-state index contributed by atoms with van der Waals surface area (Å²) < 4.78 is 14.8. The molecule has 2 bridgehead atoms. The van der Waals surface area contributed by atoms with Crippen LogP contribution in [0.25, 0.3) is 22.2 Å². The second-order valence-electron chi connectivity index (χ2n) is 11.6. The van der Waals surface area contributed by atoms with Gasteiger partial charge in [-0.25, -0.2) is 9.97 Å². The number of hydrogen-bond acceptors (Lipinski definition) is 7. The molecule has 0 radical (unpaired) electrons. The highest BCUT2D eigenvalue weighted by Gasteiger charge is 2.46. The second kappa shape index (κ2) is 9.26. The molecule has 3 aromatic rings. The molecule has 0 amide bonds. The molecule has 2 aromatic heterocycles. The average molecular weight is 504 g/mol. The van der Waals surface area contributed by atoms with Gasteiger partial charge in [-0.05, 0) is 75.5 Å². The Morgan fingerprint density at radius 3 is 2.59 bits per heavy atom. The van der Waals surface area contributed by atoms with Crippen LogP contribution in [0.1, 0.15) is 63.8 Å². The Labute approximate surface area is 217 Å². The highest BCUT2D eigenvalue weighted by atomic mass is 16.6. The highest BCUT2D eigenvalue weighted by Crippen LogP contribution is 2.44. The highest BCUT2D eigenvalue weighted by molar-refractivity contribution is 6.00. The van der Waals surface area contributed by atoms with Gasteiger partial charge in [0, 0.05) is 36.9 Å². The number of nitrogens with zero attached hydrogens (tertiary/aromatic N) is 4. The van der Waals surface area contributed by atoms with Crippen LogP contribution in [0.5, 0.6) is 5.75 Å². The summed E-state index contributed by atoms with van der Waals surface area (Å²) in [5.41, 5.74) is 9.36. The summed E-state index contributed by atoms with van der Waals surface area (Å²) in [6.07, 6.45) is 13.9. The first-order valence-electron chi connectivity index (χ1n) is 14.0. The van der Waals surface area contributed by atoms with E-state index >= 15 is 0 Å². The van der Waals surface area contributed by atoms with Gasteiger partial charge in [0.15, 0.2) is 0 Å². The minimum absolute atomic E-state index is 0.0963. The Kier molecular flexibility index (Phi) is 5.86. The first kappa shape index (κ1) is 23.4. The normalized spacial score (nSPS) is 31.9. The standard InChI is InChI=1S/C29H37N5O3/c30-27-26-25(19-2-1-3-24(14-19)36-17-29-11-8-23(37-29)9-12-29)16-34(28(26)32-18-31-27)21-6-4-20(5-7-21)33-13-10-22(35)15-33/h1-3,14,16,18,20-23,35H,4-13,15,17H2,(H2,30,31,32). The van der Waals surface area contributed by atoms with Crippen molar-refractivity contribution in [2.75, 3.05) is 25.4 Å². The minimum atomic E-state index is -0.159. The molecule has 1 saturated carbocycles. The van der Waals surface area contributed by atoms with Gasteiger partial charge >= 0.3 is 0 Å². The van der Waals surface area contributed by atoms with E-state index in [1.165, 1.54) is 0 Å². The van der Waals surface area contributed by atoms with Crippen molar-refractivity contribution in [1.29, 1.82) is 0 Å². The smallest absolute Gasteiger partial charge is 0.146 e. The fourth-order valence-corrected chi connectivity index (χ4v) is 7.26. The van der Waals surface area contributed by atoms with E-state index in [1.54, 1.807) is 6.33 Å². The van der Waals surface area contributed by atoms with Gasteiger partial charge in [0.25, 0.3) is 0 Å². The monoisotopic (exact) mass is 503 g/mol. The second-order valence-corrected chi connectivity index (χ2v) is 11.6. The number of ether oxygens (including phenoxy) is 2. The zero-order valence-corrected chi connectivity index (χ0v) is 21.4. The van der Waals surface area contributed by atoms with Crippen molar-refractivity contribution in [3.63, 3.8) is 0 Å². The van der Waals surface area contributed by atoms with Crippen LogP contribution in [-0.2, 0) is 4.74 Å². The topological polar surface area (TPSA) is 98.7 Å². The van der Waals surface area contributed by atoms with Crippen molar-refractivity contribution in [3.05, 3.63) is 36.8 Å². The van der Waals surface area contributed by atoms with E-state index in [4.69, 9.17) is 15.2 Å². The van der Waals surface area contributed by atoms with E-state index in [1.807, 2.05) is 12.1 Å². The Morgan fingerprint density at radius 1 is 1.05 bits per heavy atom. The van der Waals surface area contributed by atoms with Crippen LogP contribution in [0.2, 0.25) is 0 Å². The average Bonchev–Trinajstić information content (AvgIpc) is 3.72. The molecular weight excluding hydrogens is 466 g/mol. The van der Waals surface area contributed by atoms with Crippen molar-refractivity contribution in [2.45, 2.75) is 87.7 Å². The van der Waals surface area contributed by atoms with Crippen LogP contribution in [0.4, 0.5) is 5.82 Å². The zero-order valence-electron chi connectivity index (χ0n) is 21.4. The van der Waals surface area contributed by atoms with Crippen LogP contribution in [0.15, 0.2) is 36.8 Å². The van der Waals surface area contributed by atoms with E-state index in [-0.39, 0.29) is 11.7 Å². The maximum atomic E-state index is 9.96. The molecular formula is C29H37N5O3. The number of fused-ring (bicyclic) bond motifs is 3. The van der Waals surface area contributed by atoms with E-state index in [0.717, 1.165) is 98.8 Å². The quantitative estimate of drug-likeness (QED) is 0.517. The lowest BCUT2D eigenvalue weighted by molar-refractivity contribution is -0.0198. The number of anilines is 1. The molecule has 3 N–H and O–H groups in total. The molecule has 8 heteroatoms. The maximum Gasteiger partial charge on any atom is 0.146 e. The summed E-state index contributed by atoms with van der Waals surface area (Å²) in [4.78, 5) is 11.5. The molecule has 0 spiro atoms. The summed E-state index contributed by atoms with van der Waals surface area (Å²) in [5.74, 6) is 1.37. The number of nitrogens with two attached hydrogens (primary N) is 1. The largest absolute Gasteiger partial charge is 0.491 e. The molecule has 4 aliphatic rings. The Balaban J connectivity index is 1.14. The summed E-state index contributed by atoms with van der Waals surface area (Å²) in [6, 6.07) is 9.25. The number of benzene rings is 1. The number of β-amino-alcohol motifs (C(OH)–C–C–N with tert-alkyl or cyclic N) is 1. The molecule has 1 atom stereocenters. The number of aliphatic hydroxyl groups excluding tert-OH is 1. The van der Waals surface area contributed by atoms with E-state index in [9.17, 15) is 5.11 Å². The Bertz CT molecular complexity index is 1280. The summed E-state index contributed by atoms with van der Waals surface area (Å²) >= 11 is 0. The van der Waals surface area contributed by atoms with E-state index < -0.39 is 0 Å². The molecule has 8 nitrogen and oxygen atoms in total. The van der Waals surface area contributed by atoms with E-state index in [2.05, 4.69) is 37.8 Å². The first-order chi connectivity index (χ1) is 18.1. The minimum Gasteiger partial charge on any atom is -0.491 e. The van der Waals surface area contributed by atoms with Gasteiger partial charge < -0.3 is 24.9 Å². The summed E-state index contributed by atoms with van der Waals surface area (Å²) in [5, 5.41) is 10.9. The first-order valence-corrected chi connectivity index (χ1v) is 14.0. The number of aliphatic hydroxyl groups is 1. The Morgan fingerprint density at radius 2 is 1.86 bits per heavy atom. The van der Waals surface area contributed by atoms with Gasteiger partial charge in [0.05, 0.1) is 17.6 Å². The number of nitrogen functional groups attached to an aromatic ring is 1. The van der Waals surface area contributed by atoms with Gasteiger partial charge in [-0.1, -0.05) is 12.1 Å². The van der Waals surface area contributed by atoms with Crippen LogP contribution in [0, 0.1) is 0 Å². The van der Waals surface area contributed by atoms with Crippen molar-refractivity contribution in [2.24, 2.45) is 0 Å². The van der Waals surface area contributed by atoms with Gasteiger partial charge in [-0.2, -0.15) is 0 Å². The fraction of sp³-hybridized carbons (Fsp3) is 0.586. The third-order valence-corrected chi connectivity index (χ3v) is 9.32. The molecule has 1 aromatic carbocycles. The van der Waals surface area contributed by atoms with Crippen molar-refractivity contribution < 1.29 is 14.6 Å². The molecule has 5 heterocycles. The number of likely N-dealkylation sites (tertiary alicyclic amines) is 1. The number of aromatic nitrogens is 3. The third-order valence-electron chi connectivity index (χ3n) is 9.32. The van der Waals surface area contributed by atoms with E-state index in [0.29, 0.717) is 30.6 Å². The van der Waals surface area contributed by atoms with Gasteiger partial charge in [0.2, 0.25) is 0 Å². The molecule has 4 fully saturated rings. The predicted molar refractivity (Wildman–Crippen MR) is 142 cm³/mol. The molecule has 37 heavy (non-hydrogen) atoms. The summed E-state index contributed by atoms with van der Waals surface area (Å²) in [7, 11) is 0. The Hall–Kier alpha value is -2.68. The molecule has 7 rings (SSSR count). The van der Waals surface area contributed by atoms with Crippen molar-refractivity contribution in [1.82, 2.24) is 19.4 Å². The maximum absolute atomic E-state index is 9.96. The van der Waals surface area contributed by atoms with Gasteiger partial charge in [0.1, 0.15) is 35.7 Å². The van der Waals surface area contributed by atoms with Crippen LogP contribution >= 0.6 is 0 Å². The lowest BCUT2D eigenvalue weighted by Gasteiger charge is -2.35. The van der Waals surface area contributed by atoms with Crippen molar-refractivity contribution >= 4 is 16.9 Å². The predicted octanol–water partition coefficient (Wildman–Crippen LogP) is 4.32. The molecule has 196 valence electrons. The summed E-state index contributed by atoms with van der Waals surface area (Å²) in [6.45, 7) is 2.45. The fourth-order valence-electron chi connectivity index (χ4n) is 7.26. The van der Waals surface area contributed by atoms with Gasteiger partial charge in [-0.15, -0.1) is 0 Å². The SMILES string of the molecule is Nc1ncnc2c1c(-c1cccc(OCC34CCC(CC3)O4)c1)cn2C1CCC(N2CCC(O)C2)CC1. The van der Waals surface area contributed by atoms with Crippen molar-refractivity contribution in [3.8, 4) is 16.9 Å². The van der Waals surface area contributed by atoms with Crippen LogP contribution in [-0.4, -0.2) is 68.1 Å². The number of hydrogen-bond donors (Lipinski definition) is 2. The van der Waals surface area contributed by atoms with Crippen LogP contribution < -0.4 is 10.5 Å².